The van der Waals surface area contributed by atoms with Crippen LogP contribution in [-0.2, 0) is 0 Å². The minimum atomic E-state index is 0. The van der Waals surface area contributed by atoms with Crippen LogP contribution in [0.5, 0.6) is 0 Å². The molecule has 1 aromatic carbocycles. The Morgan fingerprint density at radius 3 is 0.750 bits per heavy atom. The lowest BCUT2D eigenvalue weighted by molar-refractivity contribution is 0.824. The van der Waals surface area contributed by atoms with Crippen molar-refractivity contribution in [2.45, 2.75) is 0 Å². The molecule has 0 heterocycles. The largest absolute Gasteiger partial charge is 0.412 e. The normalized spacial score (nSPS) is 6.00. The number of hydrogen-bond acceptors (Lipinski definition) is 0. The van der Waals surface area contributed by atoms with E-state index in [2.05, 4.69) is 0 Å². The quantitative estimate of drug-likeness (QED) is 0.432. The summed E-state index contributed by atoms with van der Waals surface area (Å²) in [6.45, 7) is 0. The molecule has 0 unspecified atom stereocenters. The lowest BCUT2D eigenvalue weighted by Crippen LogP contribution is -1.47. The summed E-state index contributed by atoms with van der Waals surface area (Å²) < 4.78 is 0. The summed E-state index contributed by atoms with van der Waals surface area (Å²) in [6, 6.07) is 12.0. The van der Waals surface area contributed by atoms with E-state index in [0.717, 1.165) is 0 Å². The van der Waals surface area contributed by atoms with Gasteiger partial charge < -0.3 is 5.48 Å². The summed E-state index contributed by atoms with van der Waals surface area (Å²) in [7, 11) is 0. The average Bonchev–Trinajstić information content (AvgIpc) is 1.72. The van der Waals surface area contributed by atoms with Crippen molar-refractivity contribution in [1.29, 1.82) is 0 Å². The van der Waals surface area contributed by atoms with Crippen LogP contribution in [0.4, 0.5) is 0 Å². The number of hydrogen-bond donors (Lipinski definition) is 0. The van der Waals surface area contributed by atoms with Crippen molar-refractivity contribution < 1.29 is 5.48 Å². The molecule has 1 aromatic rings. The topological polar surface area (TPSA) is 31.5 Å². The molecular weight excluding hydrogens is 98.9 g/mol. The zero-order valence-corrected chi connectivity index (χ0v) is 4.54. The average molecular weight is 107 g/mol. The molecule has 1 nitrogen and oxygen atoms in total. The minimum Gasteiger partial charge on any atom is -0.412 e. The summed E-state index contributed by atoms with van der Waals surface area (Å²) in [5, 5.41) is 0. The molecule has 0 spiro atoms. The molecule has 2 N–H and O–H groups in total. The first-order valence-corrected chi connectivity index (χ1v) is 2.00. The fraction of sp³-hybridized carbons (Fsp3) is 0. The Balaban J connectivity index is 0. The van der Waals surface area contributed by atoms with Gasteiger partial charge in [0.15, 0.2) is 0 Å². The first-order valence-electron chi connectivity index (χ1n) is 2.00. The Hall–Kier alpha value is -0.755. The second kappa shape index (κ2) is 6.24. The first kappa shape index (κ1) is 10.3. The predicted octanol–water partition coefficient (Wildman–Crippen LogP) is 0.481. The number of benzene rings is 1. The van der Waals surface area contributed by atoms with Gasteiger partial charge in [0.2, 0.25) is 0 Å². The van der Waals surface area contributed by atoms with Crippen LogP contribution in [0.25, 0.3) is 0 Å². The molecule has 0 aliphatic carbocycles. The van der Waals surface area contributed by atoms with Gasteiger partial charge in [0.1, 0.15) is 0 Å². The Morgan fingerprint density at radius 1 is 0.500 bits per heavy atom. The maximum Gasteiger partial charge on any atom is 0 e. The van der Waals surface area contributed by atoms with Crippen molar-refractivity contribution >= 4 is 8.41 Å². The van der Waals surface area contributed by atoms with Gasteiger partial charge in [-0.25, -0.2) is 0 Å². The lowest BCUT2D eigenvalue weighted by Gasteiger charge is -1.69. The molecule has 0 saturated heterocycles. The third-order valence-electron chi connectivity index (χ3n) is 0.667. The molecular formula is C6H8BO. The highest BCUT2D eigenvalue weighted by Crippen LogP contribution is 1.79. The highest BCUT2D eigenvalue weighted by Gasteiger charge is 1.57. The third kappa shape index (κ3) is 3.44. The Bertz CT molecular complexity index is 80.5. The van der Waals surface area contributed by atoms with Crippen LogP contribution in [0.2, 0.25) is 0 Å². The molecule has 0 aromatic heterocycles. The summed E-state index contributed by atoms with van der Waals surface area (Å²) >= 11 is 0. The maximum atomic E-state index is 2.00. The molecule has 0 aliphatic heterocycles. The van der Waals surface area contributed by atoms with Crippen LogP contribution in [0.3, 0.4) is 0 Å². The van der Waals surface area contributed by atoms with Gasteiger partial charge in [0, 0.05) is 8.41 Å². The van der Waals surface area contributed by atoms with Crippen molar-refractivity contribution in [3.8, 4) is 0 Å². The van der Waals surface area contributed by atoms with Crippen LogP contribution in [0, 0.1) is 0 Å². The van der Waals surface area contributed by atoms with Gasteiger partial charge in [0.25, 0.3) is 0 Å². The van der Waals surface area contributed by atoms with Gasteiger partial charge in [-0.05, 0) is 0 Å². The van der Waals surface area contributed by atoms with Crippen molar-refractivity contribution in [3.05, 3.63) is 36.4 Å². The van der Waals surface area contributed by atoms with Crippen molar-refractivity contribution in [2.75, 3.05) is 0 Å². The van der Waals surface area contributed by atoms with E-state index in [1.165, 1.54) is 0 Å². The number of rotatable bonds is 0. The summed E-state index contributed by atoms with van der Waals surface area (Å²) in [5.74, 6) is 0. The van der Waals surface area contributed by atoms with Gasteiger partial charge in [0.05, 0.1) is 0 Å². The Labute approximate surface area is 51.2 Å². The molecule has 0 saturated carbocycles. The van der Waals surface area contributed by atoms with Crippen LogP contribution >= 0.6 is 0 Å². The van der Waals surface area contributed by atoms with Crippen LogP contribution in [-0.4, -0.2) is 13.9 Å². The van der Waals surface area contributed by atoms with Crippen molar-refractivity contribution in [3.63, 3.8) is 0 Å². The molecule has 3 radical (unpaired) electrons. The van der Waals surface area contributed by atoms with E-state index in [1.54, 1.807) is 0 Å². The fourth-order valence-corrected chi connectivity index (χ4v) is 0.385. The molecule has 0 fully saturated rings. The lowest BCUT2D eigenvalue weighted by atomic mass is 10.4. The SMILES string of the molecule is O.[B].c1ccccc1. The van der Waals surface area contributed by atoms with E-state index < -0.39 is 0 Å². The molecule has 0 aliphatic rings. The summed E-state index contributed by atoms with van der Waals surface area (Å²) in [6.07, 6.45) is 0. The summed E-state index contributed by atoms with van der Waals surface area (Å²) in [4.78, 5) is 0. The maximum absolute atomic E-state index is 2.00. The third-order valence-corrected chi connectivity index (χ3v) is 0.667. The van der Waals surface area contributed by atoms with E-state index in [-0.39, 0.29) is 13.9 Å². The van der Waals surface area contributed by atoms with Crippen LogP contribution < -0.4 is 0 Å². The Kier molecular flexibility index (Phi) is 8.02. The smallest absolute Gasteiger partial charge is 0 e. The monoisotopic (exact) mass is 107 g/mol. The van der Waals surface area contributed by atoms with E-state index in [9.17, 15) is 0 Å². The van der Waals surface area contributed by atoms with E-state index >= 15 is 0 Å². The van der Waals surface area contributed by atoms with E-state index in [4.69, 9.17) is 0 Å². The summed E-state index contributed by atoms with van der Waals surface area (Å²) in [5.41, 5.74) is 0. The molecule has 2 heteroatoms. The van der Waals surface area contributed by atoms with Gasteiger partial charge in [-0.3, -0.25) is 0 Å². The van der Waals surface area contributed by atoms with Gasteiger partial charge in [-0.1, -0.05) is 36.4 Å². The zero-order chi connectivity index (χ0) is 4.24. The minimum absolute atomic E-state index is 0. The highest BCUT2D eigenvalue weighted by atomic mass is 16.0. The van der Waals surface area contributed by atoms with Crippen LogP contribution in [0.1, 0.15) is 0 Å². The molecule has 0 bridgehead atoms. The standard InChI is InChI=1S/C6H6.B.H2O/c1-2-4-6-5-3-1;;/h1-6H;;1H2. The first-order chi connectivity index (χ1) is 3.00. The van der Waals surface area contributed by atoms with Gasteiger partial charge >= 0.3 is 0 Å². The van der Waals surface area contributed by atoms with Crippen molar-refractivity contribution in [1.82, 2.24) is 0 Å². The highest BCUT2D eigenvalue weighted by molar-refractivity contribution is 5.75. The molecule has 1 rings (SSSR count). The Morgan fingerprint density at radius 2 is 0.625 bits per heavy atom. The molecule has 0 atom stereocenters. The molecule has 41 valence electrons. The zero-order valence-electron chi connectivity index (χ0n) is 4.54. The van der Waals surface area contributed by atoms with E-state index in [1.807, 2.05) is 36.4 Å². The second-order valence-electron chi connectivity index (χ2n) is 1.15. The van der Waals surface area contributed by atoms with Gasteiger partial charge in [-0.15, -0.1) is 0 Å². The molecule has 8 heavy (non-hydrogen) atoms. The second-order valence-corrected chi connectivity index (χ2v) is 1.15. The molecule has 0 amide bonds. The van der Waals surface area contributed by atoms with Crippen LogP contribution in [0.15, 0.2) is 36.4 Å². The van der Waals surface area contributed by atoms with Crippen molar-refractivity contribution in [2.24, 2.45) is 0 Å². The van der Waals surface area contributed by atoms with Gasteiger partial charge in [-0.2, -0.15) is 0 Å². The predicted molar refractivity (Wildman–Crippen MR) is 35.8 cm³/mol. The van der Waals surface area contributed by atoms with E-state index in [0.29, 0.717) is 0 Å². The fourth-order valence-electron chi connectivity index (χ4n) is 0.385.